The SMILES string of the molecule is COP(=O)(OC)C(Nc1cccc2nonc12)c1ccccc1. The summed E-state index contributed by atoms with van der Waals surface area (Å²) in [6, 6.07) is 14.7. The molecule has 0 amide bonds. The number of fused-ring (bicyclic) bond motifs is 1. The summed E-state index contributed by atoms with van der Waals surface area (Å²) in [5.74, 6) is -0.694. The van der Waals surface area contributed by atoms with Gasteiger partial charge >= 0.3 is 7.60 Å². The molecule has 7 nitrogen and oxygen atoms in total. The second-order valence-electron chi connectivity index (χ2n) is 4.80. The van der Waals surface area contributed by atoms with E-state index >= 15 is 0 Å². The first-order valence-electron chi connectivity index (χ1n) is 6.92. The van der Waals surface area contributed by atoms with Crippen molar-refractivity contribution in [2.75, 3.05) is 19.5 Å². The van der Waals surface area contributed by atoms with E-state index in [2.05, 4.69) is 15.6 Å². The highest BCUT2D eigenvalue weighted by atomic mass is 31.2. The number of aromatic nitrogens is 2. The molecule has 1 unspecified atom stereocenters. The van der Waals surface area contributed by atoms with Crippen molar-refractivity contribution in [2.24, 2.45) is 0 Å². The van der Waals surface area contributed by atoms with Crippen molar-refractivity contribution in [3.8, 4) is 0 Å². The molecular formula is C15H16N3O4P. The summed E-state index contributed by atoms with van der Waals surface area (Å²) in [7, 11) is -0.705. The first-order valence-corrected chi connectivity index (χ1v) is 8.53. The molecule has 3 rings (SSSR count). The van der Waals surface area contributed by atoms with Gasteiger partial charge in [-0.3, -0.25) is 4.57 Å². The Morgan fingerprint density at radius 1 is 1.04 bits per heavy atom. The molecule has 0 saturated carbocycles. The minimum atomic E-state index is -3.43. The van der Waals surface area contributed by atoms with Crippen LogP contribution in [-0.2, 0) is 13.6 Å². The lowest BCUT2D eigenvalue weighted by atomic mass is 10.2. The normalized spacial score (nSPS) is 13.1. The molecule has 120 valence electrons. The molecule has 0 fully saturated rings. The maximum Gasteiger partial charge on any atom is 0.356 e. The van der Waals surface area contributed by atoms with Gasteiger partial charge < -0.3 is 14.4 Å². The maximum atomic E-state index is 13.0. The molecule has 8 heteroatoms. The lowest BCUT2D eigenvalue weighted by Crippen LogP contribution is -2.13. The number of rotatable bonds is 6. The van der Waals surface area contributed by atoms with E-state index in [4.69, 9.17) is 13.7 Å². The Morgan fingerprint density at radius 2 is 1.78 bits per heavy atom. The fourth-order valence-electron chi connectivity index (χ4n) is 2.34. The molecule has 23 heavy (non-hydrogen) atoms. The number of anilines is 1. The molecule has 1 aromatic heterocycles. The van der Waals surface area contributed by atoms with E-state index in [1.807, 2.05) is 30.3 Å². The van der Waals surface area contributed by atoms with Crippen LogP contribution >= 0.6 is 7.60 Å². The molecule has 0 spiro atoms. The summed E-state index contributed by atoms with van der Waals surface area (Å²) in [5.41, 5.74) is 2.55. The predicted molar refractivity (Wildman–Crippen MR) is 86.2 cm³/mol. The van der Waals surface area contributed by atoms with Crippen LogP contribution in [0.1, 0.15) is 11.3 Å². The van der Waals surface area contributed by atoms with Crippen molar-refractivity contribution in [2.45, 2.75) is 5.78 Å². The van der Waals surface area contributed by atoms with E-state index in [1.165, 1.54) is 14.2 Å². The average Bonchev–Trinajstić information content (AvgIpc) is 3.09. The van der Waals surface area contributed by atoms with Gasteiger partial charge in [0, 0.05) is 14.2 Å². The topological polar surface area (TPSA) is 86.5 Å². The van der Waals surface area contributed by atoms with Crippen LogP contribution in [0.25, 0.3) is 11.0 Å². The Bertz CT molecular complexity index is 829. The van der Waals surface area contributed by atoms with Crippen LogP contribution < -0.4 is 5.32 Å². The van der Waals surface area contributed by atoms with Gasteiger partial charge in [0.15, 0.2) is 11.3 Å². The van der Waals surface area contributed by atoms with E-state index in [0.717, 1.165) is 5.56 Å². The summed E-state index contributed by atoms with van der Waals surface area (Å²) in [5, 5.41) is 10.9. The van der Waals surface area contributed by atoms with Crippen LogP contribution in [0.5, 0.6) is 0 Å². The van der Waals surface area contributed by atoms with Crippen molar-refractivity contribution in [3.63, 3.8) is 0 Å². The van der Waals surface area contributed by atoms with Gasteiger partial charge in [-0.15, -0.1) is 0 Å². The highest BCUT2D eigenvalue weighted by Crippen LogP contribution is 2.59. The van der Waals surface area contributed by atoms with E-state index < -0.39 is 13.4 Å². The molecule has 0 aliphatic carbocycles. The monoisotopic (exact) mass is 333 g/mol. The molecule has 1 N–H and O–H groups in total. The van der Waals surface area contributed by atoms with Gasteiger partial charge in [0.2, 0.25) is 0 Å². The van der Waals surface area contributed by atoms with Crippen LogP contribution in [-0.4, -0.2) is 24.5 Å². The number of nitrogens with zero attached hydrogens (tertiary/aromatic N) is 2. The fraction of sp³-hybridized carbons (Fsp3) is 0.200. The van der Waals surface area contributed by atoms with Crippen LogP contribution in [0.3, 0.4) is 0 Å². The molecule has 0 aliphatic rings. The van der Waals surface area contributed by atoms with Gasteiger partial charge in [-0.05, 0) is 28.0 Å². The molecule has 0 bridgehead atoms. The fourth-order valence-corrected chi connectivity index (χ4v) is 3.74. The summed E-state index contributed by atoms with van der Waals surface area (Å²) in [6.45, 7) is 0. The summed E-state index contributed by atoms with van der Waals surface area (Å²) < 4.78 is 28.1. The molecule has 2 aromatic carbocycles. The molecule has 0 aliphatic heterocycles. The molecule has 3 aromatic rings. The molecular weight excluding hydrogens is 317 g/mol. The van der Waals surface area contributed by atoms with Gasteiger partial charge in [-0.1, -0.05) is 36.4 Å². The smallest absolute Gasteiger partial charge is 0.356 e. The van der Waals surface area contributed by atoms with Gasteiger partial charge in [0.05, 0.1) is 5.69 Å². The van der Waals surface area contributed by atoms with Crippen LogP contribution in [0.4, 0.5) is 5.69 Å². The van der Waals surface area contributed by atoms with E-state index in [0.29, 0.717) is 16.7 Å². The lowest BCUT2D eigenvalue weighted by Gasteiger charge is -2.26. The van der Waals surface area contributed by atoms with Gasteiger partial charge in [0.1, 0.15) is 5.52 Å². The van der Waals surface area contributed by atoms with E-state index in [9.17, 15) is 4.57 Å². The number of hydrogen-bond donors (Lipinski definition) is 1. The Hall–Kier alpha value is -2.21. The van der Waals surface area contributed by atoms with Crippen LogP contribution in [0, 0.1) is 0 Å². The highest BCUT2D eigenvalue weighted by molar-refractivity contribution is 7.54. The number of nitrogens with one attached hydrogen (secondary N) is 1. The summed E-state index contributed by atoms with van der Waals surface area (Å²) in [4.78, 5) is 0. The second-order valence-corrected chi connectivity index (χ2v) is 7.13. The molecule has 1 heterocycles. The van der Waals surface area contributed by atoms with Crippen LogP contribution in [0.2, 0.25) is 0 Å². The Balaban J connectivity index is 2.06. The largest absolute Gasteiger partial charge is 0.366 e. The van der Waals surface area contributed by atoms with E-state index in [-0.39, 0.29) is 0 Å². The van der Waals surface area contributed by atoms with Crippen molar-refractivity contribution in [1.82, 2.24) is 10.3 Å². The highest BCUT2D eigenvalue weighted by Gasteiger charge is 2.36. The van der Waals surface area contributed by atoms with Gasteiger partial charge in [0.25, 0.3) is 0 Å². The Labute approximate surface area is 133 Å². The Morgan fingerprint density at radius 3 is 2.48 bits per heavy atom. The summed E-state index contributed by atoms with van der Waals surface area (Å²) >= 11 is 0. The van der Waals surface area contributed by atoms with Crippen LogP contribution in [0.15, 0.2) is 53.2 Å². The molecule has 0 radical (unpaired) electrons. The number of hydrogen-bond acceptors (Lipinski definition) is 7. The van der Waals surface area contributed by atoms with Crippen molar-refractivity contribution < 1.29 is 18.2 Å². The predicted octanol–water partition coefficient (Wildman–Crippen LogP) is 3.82. The first-order chi connectivity index (χ1) is 11.2. The van der Waals surface area contributed by atoms with Crippen molar-refractivity contribution in [1.29, 1.82) is 0 Å². The van der Waals surface area contributed by atoms with Crippen molar-refractivity contribution >= 4 is 24.3 Å². The maximum absolute atomic E-state index is 13.0. The third-order valence-corrected chi connectivity index (χ3v) is 5.60. The first kappa shape index (κ1) is 15.7. The lowest BCUT2D eigenvalue weighted by molar-refractivity contribution is 0.268. The Kier molecular flexibility index (Phi) is 4.43. The summed E-state index contributed by atoms with van der Waals surface area (Å²) in [6.07, 6.45) is 0. The van der Waals surface area contributed by atoms with Gasteiger partial charge in [-0.25, -0.2) is 4.63 Å². The van der Waals surface area contributed by atoms with Gasteiger partial charge in [-0.2, -0.15) is 0 Å². The zero-order valence-electron chi connectivity index (χ0n) is 12.7. The minimum absolute atomic E-state index is 0.548. The average molecular weight is 333 g/mol. The van der Waals surface area contributed by atoms with E-state index in [1.54, 1.807) is 18.2 Å². The quantitative estimate of drug-likeness (QED) is 0.686. The second kappa shape index (κ2) is 6.50. The zero-order chi connectivity index (χ0) is 16.3. The molecule has 0 saturated heterocycles. The third kappa shape index (κ3) is 2.99. The van der Waals surface area contributed by atoms with Crippen molar-refractivity contribution in [3.05, 3.63) is 54.1 Å². The molecule has 1 atom stereocenters. The number of benzene rings is 2. The standard InChI is InChI=1S/C15H16N3O4P/c1-20-23(19,21-2)15(11-7-4-3-5-8-11)16-12-9-6-10-13-14(12)18-22-17-13/h3-10,15-16H,1-2H3. The third-order valence-electron chi connectivity index (χ3n) is 3.52. The zero-order valence-corrected chi connectivity index (χ0v) is 13.6. The minimum Gasteiger partial charge on any atom is -0.366 e.